The standard InChI is InChI=1S/C22H30BrF3N6O3S/c1-13(29-16-10-28-30-21(34)19(16)22(24,25)26)12-35-6-2-18(33)31-4-5-32-15(11-31)3-7-36-17-8-14(23)9-27-20(17)32/h8-9,13,15-16,19,28-29H,2-7,10-12H2,1H3,(H,30,34)/t13-,15+,16?,19?/m0/s1. The van der Waals surface area contributed by atoms with Crippen molar-refractivity contribution >= 4 is 45.3 Å². The number of alkyl halides is 3. The van der Waals surface area contributed by atoms with Gasteiger partial charge < -0.3 is 19.9 Å². The molecule has 9 nitrogen and oxygen atoms in total. The first-order valence-corrected chi connectivity index (χ1v) is 13.7. The number of carbonyl (C=O) groups excluding carboxylic acids is 2. The van der Waals surface area contributed by atoms with Crippen LogP contribution in [0.5, 0.6) is 0 Å². The number of halogens is 4. The molecule has 2 saturated heterocycles. The number of carbonyl (C=O) groups is 2. The van der Waals surface area contributed by atoms with Gasteiger partial charge in [0.25, 0.3) is 0 Å². The Labute approximate surface area is 220 Å². The van der Waals surface area contributed by atoms with Gasteiger partial charge in [0.05, 0.1) is 24.5 Å². The Kier molecular flexibility index (Phi) is 9.02. The van der Waals surface area contributed by atoms with Gasteiger partial charge in [0.15, 0.2) is 5.92 Å². The molecule has 4 atom stereocenters. The predicted molar refractivity (Wildman–Crippen MR) is 133 cm³/mol. The van der Waals surface area contributed by atoms with E-state index in [9.17, 15) is 22.8 Å². The van der Waals surface area contributed by atoms with Crippen molar-refractivity contribution in [2.45, 2.75) is 49.0 Å². The highest BCUT2D eigenvalue weighted by atomic mass is 79.9. The molecule has 0 aliphatic carbocycles. The number of aromatic nitrogens is 1. The summed E-state index contributed by atoms with van der Waals surface area (Å²) in [7, 11) is 0. The molecular weight excluding hydrogens is 565 g/mol. The third-order valence-corrected chi connectivity index (χ3v) is 8.00. The molecule has 4 heterocycles. The molecule has 3 aliphatic rings. The van der Waals surface area contributed by atoms with Crippen molar-refractivity contribution < 1.29 is 27.5 Å². The topological polar surface area (TPSA) is 98.8 Å². The molecule has 0 radical (unpaired) electrons. The first kappa shape index (κ1) is 27.4. The second-order valence-electron chi connectivity index (χ2n) is 9.19. The van der Waals surface area contributed by atoms with E-state index in [1.165, 1.54) is 0 Å². The molecule has 0 aromatic carbocycles. The molecule has 4 rings (SSSR count). The van der Waals surface area contributed by atoms with Gasteiger partial charge in [-0.15, -0.1) is 11.8 Å². The number of ether oxygens (including phenoxy) is 1. The molecule has 0 bridgehead atoms. The maximum absolute atomic E-state index is 13.3. The van der Waals surface area contributed by atoms with Gasteiger partial charge in [-0.05, 0) is 35.3 Å². The van der Waals surface area contributed by atoms with Crippen LogP contribution in [0, 0.1) is 5.92 Å². The molecule has 2 amide bonds. The summed E-state index contributed by atoms with van der Waals surface area (Å²) in [5.41, 5.74) is 4.51. The van der Waals surface area contributed by atoms with E-state index in [1.807, 2.05) is 10.3 Å². The molecule has 14 heteroatoms. The van der Waals surface area contributed by atoms with Crippen LogP contribution in [0.4, 0.5) is 19.0 Å². The number of anilines is 1. The summed E-state index contributed by atoms with van der Waals surface area (Å²) in [5, 5.41) is 2.83. The third-order valence-electron chi connectivity index (χ3n) is 6.51. The number of amides is 2. The quantitative estimate of drug-likeness (QED) is 0.412. The summed E-state index contributed by atoms with van der Waals surface area (Å²) in [6.07, 6.45) is -1.69. The maximum atomic E-state index is 13.3. The Morgan fingerprint density at radius 1 is 1.42 bits per heavy atom. The van der Waals surface area contributed by atoms with Crippen molar-refractivity contribution in [1.29, 1.82) is 0 Å². The molecule has 36 heavy (non-hydrogen) atoms. The fraction of sp³-hybridized carbons (Fsp3) is 0.682. The van der Waals surface area contributed by atoms with E-state index in [-0.39, 0.29) is 38.1 Å². The summed E-state index contributed by atoms with van der Waals surface area (Å²) >= 11 is 5.26. The van der Waals surface area contributed by atoms with Gasteiger partial charge >= 0.3 is 6.18 Å². The first-order chi connectivity index (χ1) is 17.1. The molecule has 1 aromatic rings. The summed E-state index contributed by atoms with van der Waals surface area (Å²) in [5.74, 6) is -1.31. The molecule has 3 N–H and O–H groups in total. The Balaban J connectivity index is 1.21. The second kappa shape index (κ2) is 11.8. The smallest absolute Gasteiger partial charge is 0.379 e. The number of hydrazine groups is 1. The second-order valence-corrected chi connectivity index (χ2v) is 11.2. The zero-order valence-corrected chi connectivity index (χ0v) is 22.2. The van der Waals surface area contributed by atoms with Crippen molar-refractivity contribution in [1.82, 2.24) is 26.1 Å². The lowest BCUT2D eigenvalue weighted by Gasteiger charge is -2.41. The van der Waals surface area contributed by atoms with E-state index in [4.69, 9.17) is 4.74 Å². The van der Waals surface area contributed by atoms with Crippen LogP contribution in [0.3, 0.4) is 0 Å². The van der Waals surface area contributed by atoms with E-state index in [2.05, 4.69) is 42.6 Å². The zero-order chi connectivity index (χ0) is 25.9. The predicted octanol–water partition coefficient (Wildman–Crippen LogP) is 1.92. The minimum Gasteiger partial charge on any atom is -0.379 e. The Morgan fingerprint density at radius 3 is 3.00 bits per heavy atom. The van der Waals surface area contributed by atoms with Crippen LogP contribution in [0.25, 0.3) is 0 Å². The Bertz CT molecular complexity index is 958. The van der Waals surface area contributed by atoms with Crippen LogP contribution < -0.4 is 21.1 Å². The number of thioether (sulfide) groups is 1. The summed E-state index contributed by atoms with van der Waals surface area (Å²) in [6, 6.07) is 0.761. The van der Waals surface area contributed by atoms with Crippen molar-refractivity contribution in [2.75, 3.05) is 50.0 Å². The van der Waals surface area contributed by atoms with Gasteiger partial charge in [0.1, 0.15) is 5.82 Å². The lowest BCUT2D eigenvalue weighted by Crippen LogP contribution is -2.64. The molecule has 3 aliphatic heterocycles. The van der Waals surface area contributed by atoms with Crippen LogP contribution in [0.2, 0.25) is 0 Å². The highest BCUT2D eigenvalue weighted by molar-refractivity contribution is 9.10. The SMILES string of the molecule is C[C@@H](COCCC(=O)N1CCN2c3ncc(Br)cc3SCC[C@@H]2C1)NC1CNNC(=O)C1C(F)(F)F. The number of piperazine rings is 1. The molecule has 1 aromatic heterocycles. The highest BCUT2D eigenvalue weighted by Gasteiger charge is 2.51. The van der Waals surface area contributed by atoms with E-state index >= 15 is 0 Å². The monoisotopic (exact) mass is 594 g/mol. The van der Waals surface area contributed by atoms with Crippen molar-refractivity contribution in [2.24, 2.45) is 5.92 Å². The van der Waals surface area contributed by atoms with E-state index in [1.54, 1.807) is 24.9 Å². The van der Waals surface area contributed by atoms with Crippen LogP contribution in [0.1, 0.15) is 19.8 Å². The van der Waals surface area contributed by atoms with Crippen molar-refractivity contribution in [3.05, 3.63) is 16.7 Å². The molecule has 2 unspecified atom stereocenters. The molecule has 0 spiro atoms. The van der Waals surface area contributed by atoms with Crippen molar-refractivity contribution in [3.63, 3.8) is 0 Å². The number of fused-ring (bicyclic) bond motifs is 3. The van der Waals surface area contributed by atoms with Gasteiger partial charge in [-0.25, -0.2) is 10.4 Å². The first-order valence-electron chi connectivity index (χ1n) is 11.9. The van der Waals surface area contributed by atoms with Crippen LogP contribution >= 0.6 is 27.7 Å². The average molecular weight is 595 g/mol. The lowest BCUT2D eigenvalue weighted by molar-refractivity contribution is -0.193. The highest BCUT2D eigenvalue weighted by Crippen LogP contribution is 2.37. The number of nitrogens with one attached hydrogen (secondary N) is 3. The van der Waals surface area contributed by atoms with Crippen LogP contribution in [0.15, 0.2) is 21.6 Å². The molecule has 2 fully saturated rings. The molecule has 0 saturated carbocycles. The fourth-order valence-corrected chi connectivity index (χ4v) is 6.40. The van der Waals surface area contributed by atoms with Gasteiger partial charge in [-0.3, -0.25) is 15.0 Å². The normalized spacial score (nSPS) is 25.5. The van der Waals surface area contributed by atoms with E-state index < -0.39 is 30.1 Å². The number of hydrogen-bond donors (Lipinski definition) is 3. The summed E-state index contributed by atoms with van der Waals surface area (Å²) in [4.78, 5) is 34.4. The van der Waals surface area contributed by atoms with Gasteiger partial charge in [0, 0.05) is 60.7 Å². The van der Waals surface area contributed by atoms with Gasteiger partial charge in [-0.2, -0.15) is 13.2 Å². The van der Waals surface area contributed by atoms with Crippen LogP contribution in [-0.4, -0.2) is 91.1 Å². The average Bonchev–Trinajstić information content (AvgIpc) is 2.99. The fourth-order valence-electron chi connectivity index (χ4n) is 4.80. The Morgan fingerprint density at radius 2 is 2.22 bits per heavy atom. The number of rotatable bonds is 7. The number of pyridine rings is 1. The van der Waals surface area contributed by atoms with Crippen molar-refractivity contribution in [3.8, 4) is 0 Å². The van der Waals surface area contributed by atoms with Gasteiger partial charge in [0.2, 0.25) is 11.8 Å². The molecule has 200 valence electrons. The maximum Gasteiger partial charge on any atom is 0.402 e. The minimum atomic E-state index is -4.65. The summed E-state index contributed by atoms with van der Waals surface area (Å²) in [6.45, 7) is 3.88. The zero-order valence-electron chi connectivity index (χ0n) is 19.8. The number of hydrogen-bond acceptors (Lipinski definition) is 8. The lowest BCUT2D eigenvalue weighted by atomic mass is 9.96. The number of nitrogens with zero attached hydrogens (tertiary/aromatic N) is 3. The minimum absolute atomic E-state index is 0.00133. The van der Waals surface area contributed by atoms with Gasteiger partial charge in [-0.1, -0.05) is 0 Å². The summed E-state index contributed by atoms with van der Waals surface area (Å²) < 4.78 is 46.3. The molecular formula is C22H30BrF3N6O3S. The Hall–Kier alpha value is -1.61. The largest absolute Gasteiger partial charge is 0.402 e. The van der Waals surface area contributed by atoms with E-state index in [0.29, 0.717) is 19.6 Å². The van der Waals surface area contributed by atoms with Crippen LogP contribution in [-0.2, 0) is 14.3 Å². The van der Waals surface area contributed by atoms with E-state index in [0.717, 1.165) is 27.4 Å². The third kappa shape index (κ3) is 6.63.